The van der Waals surface area contributed by atoms with E-state index in [1.165, 1.54) is 11.1 Å². The molecule has 0 aliphatic carbocycles. The van der Waals surface area contributed by atoms with Crippen LogP contribution in [0.4, 0.5) is 5.13 Å². The molecule has 1 aromatic heterocycles. The van der Waals surface area contributed by atoms with E-state index in [1.54, 1.807) is 16.8 Å². The van der Waals surface area contributed by atoms with Crippen molar-refractivity contribution < 1.29 is 0 Å². The molecule has 0 spiro atoms. The lowest BCUT2D eigenvalue weighted by Gasteiger charge is -2.27. The average Bonchev–Trinajstić information content (AvgIpc) is 2.82. The Morgan fingerprint density at radius 2 is 2.07 bits per heavy atom. The Balaban J connectivity index is 1.89. The molecule has 3 nitrogen and oxygen atoms in total. The van der Waals surface area contributed by atoms with Gasteiger partial charge in [0.2, 0.25) is 5.13 Å². The van der Waals surface area contributed by atoms with Crippen molar-refractivity contribution in [1.82, 2.24) is 10.2 Å². The summed E-state index contributed by atoms with van der Waals surface area (Å²) in [4.78, 5) is 2.29. The molecule has 0 N–H and O–H groups in total. The minimum Gasteiger partial charge on any atom is -0.342 e. The summed E-state index contributed by atoms with van der Waals surface area (Å²) in [6.45, 7) is 2.01. The van der Waals surface area contributed by atoms with Crippen molar-refractivity contribution in [3.8, 4) is 0 Å². The summed E-state index contributed by atoms with van der Waals surface area (Å²) in [5.74, 6) is 0. The fraction of sp³-hybridized carbons (Fsp3) is 0.273. The first-order valence-electron chi connectivity index (χ1n) is 5.01. The van der Waals surface area contributed by atoms with Crippen LogP contribution in [0.3, 0.4) is 0 Å². The van der Waals surface area contributed by atoms with Crippen molar-refractivity contribution in [2.75, 3.05) is 11.4 Å². The lowest BCUT2D eigenvalue weighted by Crippen LogP contribution is -2.30. The third-order valence-corrected chi connectivity index (χ3v) is 3.50. The smallest absolute Gasteiger partial charge is 0.208 e. The summed E-state index contributed by atoms with van der Waals surface area (Å²) < 4.78 is 0. The third kappa shape index (κ3) is 1.61. The monoisotopic (exact) mass is 217 g/mol. The Bertz CT molecular complexity index is 453. The second-order valence-corrected chi connectivity index (χ2v) is 4.47. The van der Waals surface area contributed by atoms with Gasteiger partial charge in [0.15, 0.2) is 0 Å². The molecule has 0 atom stereocenters. The van der Waals surface area contributed by atoms with Crippen molar-refractivity contribution in [2.45, 2.75) is 13.0 Å². The number of hydrogen-bond acceptors (Lipinski definition) is 4. The highest BCUT2D eigenvalue weighted by molar-refractivity contribution is 7.13. The van der Waals surface area contributed by atoms with Gasteiger partial charge in [-0.15, -0.1) is 10.2 Å². The van der Waals surface area contributed by atoms with Gasteiger partial charge in [0.25, 0.3) is 0 Å². The molecule has 0 fully saturated rings. The van der Waals surface area contributed by atoms with E-state index in [0.29, 0.717) is 0 Å². The number of rotatable bonds is 1. The minimum absolute atomic E-state index is 0.964. The molecule has 1 aliphatic rings. The van der Waals surface area contributed by atoms with Crippen LogP contribution in [0, 0.1) is 0 Å². The summed E-state index contributed by atoms with van der Waals surface area (Å²) in [5, 5.41) is 9.02. The normalized spacial score (nSPS) is 15.1. The van der Waals surface area contributed by atoms with E-state index in [-0.39, 0.29) is 0 Å². The first-order chi connectivity index (χ1) is 7.43. The Kier molecular flexibility index (Phi) is 2.14. The molecule has 0 unspecified atom stereocenters. The molecule has 2 aromatic rings. The molecular weight excluding hydrogens is 206 g/mol. The van der Waals surface area contributed by atoms with Gasteiger partial charge >= 0.3 is 0 Å². The molecule has 76 valence electrons. The quantitative estimate of drug-likeness (QED) is 0.732. The van der Waals surface area contributed by atoms with E-state index in [1.807, 2.05) is 0 Å². The van der Waals surface area contributed by atoms with Crippen molar-refractivity contribution in [2.24, 2.45) is 0 Å². The number of fused-ring (bicyclic) bond motifs is 1. The van der Waals surface area contributed by atoms with Gasteiger partial charge in [-0.2, -0.15) is 0 Å². The van der Waals surface area contributed by atoms with Gasteiger partial charge in [0.1, 0.15) is 5.51 Å². The molecular formula is C11H11N3S. The van der Waals surface area contributed by atoms with Crippen LogP contribution in [-0.4, -0.2) is 16.7 Å². The summed E-state index contributed by atoms with van der Waals surface area (Å²) in [5.41, 5.74) is 4.67. The van der Waals surface area contributed by atoms with Gasteiger partial charge in [-0.05, 0) is 17.5 Å². The van der Waals surface area contributed by atoms with Crippen LogP contribution in [-0.2, 0) is 13.0 Å². The molecule has 1 aromatic carbocycles. The van der Waals surface area contributed by atoms with Crippen LogP contribution >= 0.6 is 11.3 Å². The molecule has 0 saturated heterocycles. The molecule has 0 saturated carbocycles. The van der Waals surface area contributed by atoms with E-state index < -0.39 is 0 Å². The molecule has 0 bridgehead atoms. The maximum atomic E-state index is 4.11. The highest BCUT2D eigenvalue weighted by Gasteiger charge is 2.17. The topological polar surface area (TPSA) is 29.0 Å². The summed E-state index contributed by atoms with van der Waals surface area (Å²) in [7, 11) is 0. The van der Waals surface area contributed by atoms with Crippen LogP contribution in [0.25, 0.3) is 0 Å². The minimum atomic E-state index is 0.964. The van der Waals surface area contributed by atoms with Crippen LogP contribution in [0.1, 0.15) is 11.1 Å². The van der Waals surface area contributed by atoms with Gasteiger partial charge < -0.3 is 4.90 Å². The fourth-order valence-corrected chi connectivity index (χ4v) is 2.55. The van der Waals surface area contributed by atoms with Crippen LogP contribution in [0.5, 0.6) is 0 Å². The number of aromatic nitrogens is 2. The van der Waals surface area contributed by atoms with Crippen LogP contribution in [0.2, 0.25) is 0 Å². The lowest BCUT2D eigenvalue weighted by atomic mass is 10.0. The van der Waals surface area contributed by atoms with Crippen molar-refractivity contribution in [3.05, 3.63) is 40.9 Å². The first-order valence-corrected chi connectivity index (χ1v) is 5.89. The van der Waals surface area contributed by atoms with E-state index >= 15 is 0 Å². The average molecular weight is 217 g/mol. The molecule has 3 rings (SSSR count). The van der Waals surface area contributed by atoms with E-state index in [2.05, 4.69) is 39.4 Å². The van der Waals surface area contributed by atoms with Gasteiger partial charge in [-0.25, -0.2) is 0 Å². The second kappa shape index (κ2) is 3.62. The predicted molar refractivity (Wildman–Crippen MR) is 61.1 cm³/mol. The van der Waals surface area contributed by atoms with Gasteiger partial charge in [0.05, 0.1) is 0 Å². The molecule has 2 heterocycles. The van der Waals surface area contributed by atoms with E-state index in [9.17, 15) is 0 Å². The fourth-order valence-electron chi connectivity index (χ4n) is 1.96. The van der Waals surface area contributed by atoms with Crippen LogP contribution in [0.15, 0.2) is 29.8 Å². The molecule has 4 heteroatoms. The molecule has 0 radical (unpaired) electrons. The standard InChI is InChI=1S/C11H11N3S/c1-2-4-10-7-14(6-5-9(10)3-1)11-13-12-8-15-11/h1-4,8H,5-7H2. The Labute approximate surface area is 92.4 Å². The van der Waals surface area contributed by atoms with Gasteiger partial charge in [0, 0.05) is 13.1 Å². The van der Waals surface area contributed by atoms with Crippen molar-refractivity contribution in [1.29, 1.82) is 0 Å². The van der Waals surface area contributed by atoms with E-state index in [4.69, 9.17) is 0 Å². The zero-order valence-corrected chi connectivity index (χ0v) is 9.07. The third-order valence-electron chi connectivity index (χ3n) is 2.75. The van der Waals surface area contributed by atoms with Crippen molar-refractivity contribution in [3.63, 3.8) is 0 Å². The number of anilines is 1. The highest BCUT2D eigenvalue weighted by atomic mass is 32.1. The van der Waals surface area contributed by atoms with Crippen molar-refractivity contribution >= 4 is 16.5 Å². The summed E-state index contributed by atoms with van der Waals surface area (Å²) in [6, 6.07) is 8.62. The lowest BCUT2D eigenvalue weighted by molar-refractivity contribution is 0.723. The Morgan fingerprint density at radius 1 is 1.20 bits per heavy atom. The second-order valence-electron chi connectivity index (χ2n) is 3.66. The summed E-state index contributed by atoms with van der Waals surface area (Å²) in [6.07, 6.45) is 1.11. The van der Waals surface area contributed by atoms with Gasteiger partial charge in [-0.3, -0.25) is 0 Å². The zero-order valence-electron chi connectivity index (χ0n) is 8.26. The predicted octanol–water partition coefficient (Wildman–Crippen LogP) is 2.10. The number of benzene rings is 1. The summed E-state index contributed by atoms with van der Waals surface area (Å²) >= 11 is 1.61. The first kappa shape index (κ1) is 8.85. The zero-order chi connectivity index (χ0) is 10.1. The van der Waals surface area contributed by atoms with Crippen LogP contribution < -0.4 is 4.90 Å². The largest absolute Gasteiger partial charge is 0.342 e. The SMILES string of the molecule is c1ccc2c(c1)CCN(c1nncs1)C2. The molecule has 15 heavy (non-hydrogen) atoms. The Hall–Kier alpha value is -1.42. The van der Waals surface area contributed by atoms with Gasteiger partial charge in [-0.1, -0.05) is 35.6 Å². The highest BCUT2D eigenvalue weighted by Crippen LogP contribution is 2.24. The van der Waals surface area contributed by atoms with E-state index in [0.717, 1.165) is 24.6 Å². The maximum absolute atomic E-state index is 4.11. The molecule has 1 aliphatic heterocycles. The molecule has 0 amide bonds. The number of nitrogens with zero attached hydrogens (tertiary/aromatic N) is 3. The number of hydrogen-bond donors (Lipinski definition) is 0. The maximum Gasteiger partial charge on any atom is 0.208 e. The Morgan fingerprint density at radius 3 is 2.87 bits per heavy atom.